The zero-order valence-electron chi connectivity index (χ0n) is 11.6. The molecule has 18 heavy (non-hydrogen) atoms. The summed E-state index contributed by atoms with van der Waals surface area (Å²) in [6.45, 7) is 1.26. The van der Waals surface area contributed by atoms with Crippen molar-refractivity contribution in [2.75, 3.05) is 6.54 Å². The standard InChI is InChI=1S/C16H27NO/c18-16-11-5-4-9-14(16)15-10-6-12-17(15)13-7-2-1-3-8-13/h13-15H,1-12H2. The highest BCUT2D eigenvalue weighted by atomic mass is 16.1. The number of carbonyl (C=O) groups is 1. The molecule has 0 N–H and O–H groups in total. The summed E-state index contributed by atoms with van der Waals surface area (Å²) in [5, 5.41) is 0. The van der Waals surface area contributed by atoms with Crippen LogP contribution in [-0.2, 0) is 4.79 Å². The molecule has 2 aliphatic carbocycles. The topological polar surface area (TPSA) is 20.3 Å². The minimum Gasteiger partial charge on any atom is -0.299 e. The third-order valence-corrected chi connectivity index (χ3v) is 5.45. The molecule has 2 nitrogen and oxygen atoms in total. The van der Waals surface area contributed by atoms with E-state index in [1.807, 2.05) is 0 Å². The number of hydrogen-bond acceptors (Lipinski definition) is 2. The van der Waals surface area contributed by atoms with Gasteiger partial charge in [-0.15, -0.1) is 0 Å². The Labute approximate surface area is 111 Å². The first-order valence-corrected chi connectivity index (χ1v) is 8.15. The van der Waals surface area contributed by atoms with Gasteiger partial charge in [0, 0.05) is 24.4 Å². The molecule has 0 bridgehead atoms. The summed E-state index contributed by atoms with van der Waals surface area (Å²) in [4.78, 5) is 14.9. The summed E-state index contributed by atoms with van der Waals surface area (Å²) in [7, 11) is 0. The van der Waals surface area contributed by atoms with Crippen LogP contribution in [0.4, 0.5) is 0 Å². The smallest absolute Gasteiger partial charge is 0.137 e. The quantitative estimate of drug-likeness (QED) is 0.746. The van der Waals surface area contributed by atoms with Gasteiger partial charge in [0.15, 0.2) is 0 Å². The van der Waals surface area contributed by atoms with Crippen LogP contribution < -0.4 is 0 Å². The molecule has 2 atom stereocenters. The van der Waals surface area contributed by atoms with E-state index in [9.17, 15) is 4.79 Å². The van der Waals surface area contributed by atoms with Crippen molar-refractivity contribution in [1.82, 2.24) is 4.90 Å². The van der Waals surface area contributed by atoms with Crippen LogP contribution in [0.25, 0.3) is 0 Å². The third-order valence-electron chi connectivity index (χ3n) is 5.45. The molecule has 0 aromatic carbocycles. The van der Waals surface area contributed by atoms with Crippen molar-refractivity contribution >= 4 is 5.78 Å². The number of rotatable bonds is 2. The van der Waals surface area contributed by atoms with Crippen molar-refractivity contribution in [3.63, 3.8) is 0 Å². The van der Waals surface area contributed by atoms with E-state index in [4.69, 9.17) is 0 Å². The lowest BCUT2D eigenvalue weighted by molar-refractivity contribution is -0.127. The molecule has 0 amide bonds. The maximum atomic E-state index is 12.2. The van der Waals surface area contributed by atoms with Gasteiger partial charge in [-0.2, -0.15) is 0 Å². The first-order chi connectivity index (χ1) is 8.86. The predicted octanol–water partition coefficient (Wildman–Crippen LogP) is 3.54. The van der Waals surface area contributed by atoms with Crippen LogP contribution in [0, 0.1) is 5.92 Å². The van der Waals surface area contributed by atoms with Crippen molar-refractivity contribution in [1.29, 1.82) is 0 Å². The Kier molecular flexibility index (Phi) is 4.03. The molecule has 2 unspecified atom stereocenters. The third kappa shape index (κ3) is 2.49. The van der Waals surface area contributed by atoms with Crippen LogP contribution >= 0.6 is 0 Å². The van der Waals surface area contributed by atoms with Crippen LogP contribution in [0.1, 0.15) is 70.6 Å². The van der Waals surface area contributed by atoms with Crippen molar-refractivity contribution in [3.05, 3.63) is 0 Å². The van der Waals surface area contributed by atoms with Gasteiger partial charge in [0.1, 0.15) is 5.78 Å². The average molecular weight is 249 g/mol. The Morgan fingerprint density at radius 2 is 1.61 bits per heavy atom. The molecular formula is C16H27NO. The second-order valence-electron chi connectivity index (χ2n) is 6.56. The molecule has 3 fully saturated rings. The van der Waals surface area contributed by atoms with Gasteiger partial charge >= 0.3 is 0 Å². The highest BCUT2D eigenvalue weighted by molar-refractivity contribution is 5.82. The van der Waals surface area contributed by atoms with Crippen LogP contribution in [0.2, 0.25) is 0 Å². The lowest BCUT2D eigenvalue weighted by Crippen LogP contribution is -2.46. The minimum atomic E-state index is 0.392. The van der Waals surface area contributed by atoms with E-state index in [2.05, 4.69) is 4.90 Å². The molecule has 3 rings (SSSR count). The molecular weight excluding hydrogens is 222 g/mol. The van der Waals surface area contributed by atoms with E-state index >= 15 is 0 Å². The molecule has 102 valence electrons. The van der Waals surface area contributed by atoms with Gasteiger partial charge in [-0.3, -0.25) is 9.69 Å². The van der Waals surface area contributed by atoms with Gasteiger partial charge in [-0.1, -0.05) is 25.7 Å². The summed E-state index contributed by atoms with van der Waals surface area (Å²) in [6, 6.07) is 1.42. The summed E-state index contributed by atoms with van der Waals surface area (Å²) < 4.78 is 0. The van der Waals surface area contributed by atoms with Crippen LogP contribution in [0.3, 0.4) is 0 Å². The van der Waals surface area contributed by atoms with Crippen molar-refractivity contribution in [2.24, 2.45) is 5.92 Å². The molecule has 1 saturated heterocycles. The Morgan fingerprint density at radius 1 is 0.833 bits per heavy atom. The summed E-state index contributed by atoms with van der Waals surface area (Å²) >= 11 is 0. The second-order valence-corrected chi connectivity index (χ2v) is 6.56. The van der Waals surface area contributed by atoms with E-state index in [0.717, 1.165) is 18.9 Å². The summed E-state index contributed by atoms with van der Waals surface area (Å²) in [5.41, 5.74) is 0. The van der Waals surface area contributed by atoms with E-state index in [1.54, 1.807) is 0 Å². The van der Waals surface area contributed by atoms with Gasteiger partial charge in [0.05, 0.1) is 0 Å². The molecule has 2 saturated carbocycles. The SMILES string of the molecule is O=C1CCCCC1C1CCCN1C1CCCCC1. The fraction of sp³-hybridized carbons (Fsp3) is 0.938. The molecule has 0 aromatic heterocycles. The lowest BCUT2D eigenvalue weighted by Gasteiger charge is -2.39. The van der Waals surface area contributed by atoms with E-state index < -0.39 is 0 Å². The highest BCUT2D eigenvalue weighted by Crippen LogP contribution is 2.36. The van der Waals surface area contributed by atoms with Crippen LogP contribution in [0.5, 0.6) is 0 Å². The zero-order valence-corrected chi connectivity index (χ0v) is 11.6. The highest BCUT2D eigenvalue weighted by Gasteiger charge is 2.39. The summed E-state index contributed by atoms with van der Waals surface area (Å²) in [5.74, 6) is 0.970. The van der Waals surface area contributed by atoms with Crippen molar-refractivity contribution in [3.8, 4) is 0 Å². The Morgan fingerprint density at radius 3 is 2.39 bits per heavy atom. The second kappa shape index (κ2) is 5.73. The fourth-order valence-corrected chi connectivity index (χ4v) is 4.53. The van der Waals surface area contributed by atoms with Crippen LogP contribution in [-0.4, -0.2) is 29.3 Å². The number of hydrogen-bond donors (Lipinski definition) is 0. The minimum absolute atomic E-state index is 0.392. The zero-order chi connectivity index (χ0) is 12.4. The van der Waals surface area contributed by atoms with Gasteiger partial charge in [-0.05, 0) is 45.1 Å². The first-order valence-electron chi connectivity index (χ1n) is 8.15. The normalized spacial score (nSPS) is 36.1. The number of Topliss-reactive ketones (excluding diaryl/α,β-unsaturated/α-hetero) is 1. The largest absolute Gasteiger partial charge is 0.299 e. The monoisotopic (exact) mass is 249 g/mol. The van der Waals surface area contributed by atoms with Crippen molar-refractivity contribution < 1.29 is 4.79 Å². The Bertz CT molecular complexity index is 295. The predicted molar refractivity (Wildman–Crippen MR) is 73.6 cm³/mol. The average Bonchev–Trinajstić information content (AvgIpc) is 2.89. The Hall–Kier alpha value is -0.370. The number of likely N-dealkylation sites (tertiary alicyclic amines) is 1. The first kappa shape index (κ1) is 12.7. The molecule has 2 heteroatoms. The number of nitrogens with zero attached hydrogens (tertiary/aromatic N) is 1. The van der Waals surface area contributed by atoms with Gasteiger partial charge in [0.2, 0.25) is 0 Å². The molecule has 0 radical (unpaired) electrons. The van der Waals surface area contributed by atoms with E-state index in [0.29, 0.717) is 17.7 Å². The van der Waals surface area contributed by atoms with E-state index in [-0.39, 0.29) is 0 Å². The van der Waals surface area contributed by atoms with Crippen molar-refractivity contribution in [2.45, 2.75) is 82.7 Å². The van der Waals surface area contributed by atoms with Crippen LogP contribution in [0.15, 0.2) is 0 Å². The molecule has 1 heterocycles. The molecule has 0 aromatic rings. The van der Waals surface area contributed by atoms with E-state index in [1.165, 1.54) is 64.3 Å². The summed E-state index contributed by atoms with van der Waals surface area (Å²) in [6.07, 6.45) is 14.1. The fourth-order valence-electron chi connectivity index (χ4n) is 4.53. The molecule has 3 aliphatic rings. The number of ketones is 1. The van der Waals surface area contributed by atoms with Gasteiger partial charge in [0.25, 0.3) is 0 Å². The maximum absolute atomic E-state index is 12.2. The van der Waals surface area contributed by atoms with Gasteiger partial charge < -0.3 is 0 Å². The lowest BCUT2D eigenvalue weighted by atomic mass is 9.81. The maximum Gasteiger partial charge on any atom is 0.137 e. The number of carbonyl (C=O) groups excluding carboxylic acids is 1. The molecule has 1 aliphatic heterocycles. The Balaban J connectivity index is 1.67. The van der Waals surface area contributed by atoms with Gasteiger partial charge in [-0.25, -0.2) is 0 Å². The molecule has 0 spiro atoms.